The Labute approximate surface area is 144 Å². The minimum Gasteiger partial charge on any atom is -0.371 e. The zero-order chi connectivity index (χ0) is 17.6. The van der Waals surface area contributed by atoms with E-state index in [0.29, 0.717) is 0 Å². The summed E-state index contributed by atoms with van der Waals surface area (Å²) in [5, 5.41) is 0. The van der Waals surface area contributed by atoms with Gasteiger partial charge in [-0.3, -0.25) is 9.54 Å². The molecule has 0 spiro atoms. The lowest BCUT2D eigenvalue weighted by atomic mass is 9.99. The molecule has 0 amide bonds. The van der Waals surface area contributed by atoms with Gasteiger partial charge in [0.15, 0.2) is 0 Å². The van der Waals surface area contributed by atoms with Crippen molar-refractivity contribution in [3.05, 3.63) is 54.4 Å². The van der Waals surface area contributed by atoms with Gasteiger partial charge in [-0.25, -0.2) is 0 Å². The van der Waals surface area contributed by atoms with Crippen LogP contribution in [0.3, 0.4) is 0 Å². The number of aryl methyl sites for hydroxylation is 1. The highest BCUT2D eigenvalue weighted by molar-refractivity contribution is 7.85. The summed E-state index contributed by atoms with van der Waals surface area (Å²) in [7, 11) is -4.02. The van der Waals surface area contributed by atoms with Crippen molar-refractivity contribution in [1.29, 1.82) is 0 Å². The Morgan fingerprint density at radius 1 is 1.04 bits per heavy atom. The Hall–Kier alpha value is -1.92. The fourth-order valence-corrected chi connectivity index (χ4v) is 3.01. The molecule has 5 nitrogen and oxygen atoms in total. The summed E-state index contributed by atoms with van der Waals surface area (Å²) in [5.41, 5.74) is 2.28. The fourth-order valence-electron chi connectivity index (χ4n) is 2.53. The number of anilines is 1. The average Bonchev–Trinajstić information content (AvgIpc) is 2.56. The fraction of sp³-hybridized carbons (Fsp3) is 0.389. The van der Waals surface area contributed by atoms with Gasteiger partial charge in [0.25, 0.3) is 10.1 Å². The van der Waals surface area contributed by atoms with Crippen LogP contribution in [-0.2, 0) is 10.1 Å². The molecule has 3 rings (SSSR count). The Balaban J connectivity index is 0.000000177. The number of piperidine rings is 1. The predicted molar refractivity (Wildman–Crippen MR) is 95.8 cm³/mol. The van der Waals surface area contributed by atoms with Gasteiger partial charge in [0, 0.05) is 31.2 Å². The van der Waals surface area contributed by atoms with E-state index in [1.807, 2.05) is 19.3 Å². The molecule has 0 bridgehead atoms. The van der Waals surface area contributed by atoms with Crippen LogP contribution in [0.5, 0.6) is 0 Å². The number of aromatic nitrogens is 1. The zero-order valence-electron chi connectivity index (χ0n) is 14.1. The first-order valence-electron chi connectivity index (χ1n) is 8.05. The lowest BCUT2D eigenvalue weighted by Crippen LogP contribution is -2.32. The van der Waals surface area contributed by atoms with Crippen molar-refractivity contribution in [1.82, 2.24) is 4.98 Å². The summed E-state index contributed by atoms with van der Waals surface area (Å²) < 4.78 is 29.6. The average molecular weight is 348 g/mol. The monoisotopic (exact) mass is 348 g/mol. The van der Waals surface area contributed by atoms with Gasteiger partial charge in [0.1, 0.15) is 0 Å². The van der Waals surface area contributed by atoms with Crippen LogP contribution in [0.4, 0.5) is 5.69 Å². The van der Waals surface area contributed by atoms with Crippen molar-refractivity contribution in [2.45, 2.75) is 31.6 Å². The van der Waals surface area contributed by atoms with Crippen LogP contribution in [-0.4, -0.2) is 31.0 Å². The third-order valence-corrected chi connectivity index (χ3v) is 5.00. The van der Waals surface area contributed by atoms with Crippen LogP contribution in [0.15, 0.2) is 53.7 Å². The largest absolute Gasteiger partial charge is 0.371 e. The van der Waals surface area contributed by atoms with E-state index in [1.54, 1.807) is 12.1 Å². The third kappa shape index (κ3) is 5.62. The van der Waals surface area contributed by atoms with Crippen molar-refractivity contribution in [2.75, 3.05) is 18.0 Å². The molecule has 1 saturated heterocycles. The number of pyridine rings is 1. The van der Waals surface area contributed by atoms with Crippen LogP contribution >= 0.6 is 0 Å². The first-order chi connectivity index (χ1) is 11.4. The maximum Gasteiger partial charge on any atom is 0.294 e. The van der Waals surface area contributed by atoms with Gasteiger partial charge < -0.3 is 4.90 Å². The Kier molecular flexibility index (Phi) is 6.34. The number of benzene rings is 1. The van der Waals surface area contributed by atoms with E-state index in [9.17, 15) is 8.42 Å². The molecule has 1 aliphatic heterocycles. The molecule has 0 atom stereocenters. The summed E-state index contributed by atoms with van der Waals surface area (Å²) in [4.78, 5) is 6.41. The molecule has 1 fully saturated rings. The van der Waals surface area contributed by atoms with Crippen LogP contribution in [0.2, 0.25) is 0 Å². The van der Waals surface area contributed by atoms with Gasteiger partial charge >= 0.3 is 0 Å². The van der Waals surface area contributed by atoms with Gasteiger partial charge in [-0.05, 0) is 49.9 Å². The summed E-state index contributed by atoms with van der Waals surface area (Å²) in [6.45, 7) is 6.58. The molecule has 2 aromatic rings. The van der Waals surface area contributed by atoms with E-state index in [-0.39, 0.29) is 4.90 Å². The van der Waals surface area contributed by atoms with Gasteiger partial charge in [0.05, 0.1) is 4.90 Å². The minimum atomic E-state index is -4.02. The molecule has 1 aliphatic rings. The molecule has 0 radical (unpaired) electrons. The number of nitrogens with zero attached hydrogens (tertiary/aromatic N) is 2. The van der Waals surface area contributed by atoms with E-state index < -0.39 is 10.1 Å². The second kappa shape index (κ2) is 8.26. The van der Waals surface area contributed by atoms with Gasteiger partial charge in [-0.15, -0.1) is 0 Å². The Bertz CT molecular complexity index is 723. The number of hydrogen-bond donors (Lipinski definition) is 1. The lowest BCUT2D eigenvalue weighted by molar-refractivity contribution is 0.438. The molecular formula is C18H24N2O3S. The summed E-state index contributed by atoms with van der Waals surface area (Å²) >= 11 is 0. The molecular weight excluding hydrogens is 324 g/mol. The minimum absolute atomic E-state index is 0.0666. The summed E-state index contributed by atoms with van der Waals surface area (Å²) in [6.07, 6.45) is 6.38. The van der Waals surface area contributed by atoms with E-state index >= 15 is 0 Å². The van der Waals surface area contributed by atoms with Crippen molar-refractivity contribution < 1.29 is 13.0 Å². The first kappa shape index (κ1) is 18.4. The van der Waals surface area contributed by atoms with E-state index in [0.717, 1.165) is 11.5 Å². The van der Waals surface area contributed by atoms with Crippen LogP contribution in [0, 0.1) is 12.8 Å². The van der Waals surface area contributed by atoms with Crippen LogP contribution in [0.25, 0.3) is 0 Å². The first-order valence-corrected chi connectivity index (χ1v) is 9.49. The summed E-state index contributed by atoms with van der Waals surface area (Å²) in [5.74, 6) is 0.901. The normalized spacial score (nSPS) is 15.5. The quantitative estimate of drug-likeness (QED) is 0.840. The van der Waals surface area contributed by atoms with Crippen molar-refractivity contribution in [2.24, 2.45) is 5.92 Å². The van der Waals surface area contributed by atoms with Gasteiger partial charge in [-0.2, -0.15) is 8.42 Å². The molecule has 1 aromatic heterocycles. The molecule has 2 heterocycles. The summed E-state index contributed by atoms with van der Waals surface area (Å²) in [6, 6.07) is 10.2. The Morgan fingerprint density at radius 2 is 1.58 bits per heavy atom. The predicted octanol–water partition coefficient (Wildman–Crippen LogP) is 3.56. The van der Waals surface area contributed by atoms with Crippen molar-refractivity contribution >= 4 is 15.8 Å². The smallest absolute Gasteiger partial charge is 0.294 e. The molecule has 0 saturated carbocycles. The molecule has 24 heavy (non-hydrogen) atoms. The molecule has 0 unspecified atom stereocenters. The highest BCUT2D eigenvalue weighted by Crippen LogP contribution is 2.21. The van der Waals surface area contributed by atoms with Crippen LogP contribution in [0.1, 0.15) is 25.3 Å². The van der Waals surface area contributed by atoms with Gasteiger partial charge in [0.2, 0.25) is 0 Å². The third-order valence-electron chi connectivity index (χ3n) is 4.13. The SMILES string of the molecule is CC1CCN(c2ccncc2)CC1.Cc1ccc(S(=O)(=O)O)cc1. The van der Waals surface area contributed by atoms with Crippen molar-refractivity contribution in [3.63, 3.8) is 0 Å². The highest BCUT2D eigenvalue weighted by atomic mass is 32.2. The maximum absolute atomic E-state index is 10.5. The maximum atomic E-state index is 10.5. The number of rotatable bonds is 2. The molecule has 0 aliphatic carbocycles. The zero-order valence-corrected chi connectivity index (χ0v) is 14.9. The van der Waals surface area contributed by atoms with Gasteiger partial charge in [-0.1, -0.05) is 24.6 Å². The van der Waals surface area contributed by atoms with Crippen LogP contribution < -0.4 is 4.90 Å². The standard InChI is InChI=1S/C11H16N2.C7H8O3S/c1-10-4-8-13(9-5-10)11-2-6-12-7-3-11;1-6-2-4-7(5-3-6)11(8,9)10/h2-3,6-7,10H,4-5,8-9H2,1H3;2-5H,1H3,(H,8,9,10). The lowest BCUT2D eigenvalue weighted by Gasteiger charge is -2.31. The second-order valence-corrected chi connectivity index (χ2v) is 7.58. The van der Waals surface area contributed by atoms with E-state index in [4.69, 9.17) is 4.55 Å². The molecule has 1 aromatic carbocycles. The number of hydrogen-bond acceptors (Lipinski definition) is 4. The molecule has 1 N–H and O–H groups in total. The highest BCUT2D eigenvalue weighted by Gasteiger charge is 2.15. The second-order valence-electron chi connectivity index (χ2n) is 6.16. The Morgan fingerprint density at radius 3 is 2.08 bits per heavy atom. The van der Waals surface area contributed by atoms with E-state index in [2.05, 4.69) is 28.9 Å². The molecule has 130 valence electrons. The van der Waals surface area contributed by atoms with Crippen molar-refractivity contribution in [3.8, 4) is 0 Å². The topological polar surface area (TPSA) is 70.5 Å². The van der Waals surface area contributed by atoms with E-state index in [1.165, 1.54) is 43.8 Å². The molecule has 6 heteroatoms.